The molecule has 0 spiro atoms. The maximum absolute atomic E-state index is 13.1. The van der Waals surface area contributed by atoms with Gasteiger partial charge >= 0.3 is 0 Å². The molecule has 0 aliphatic rings. The standard InChI is InChI=1S/C24H29Cl2N3O6/c1-6-32-17-11-10-16(25)23(35-9-4)22(17)27-24(31)21(14(5)30)29-28-15-12-18(33-7-2)20(26)19(13-15)34-8-3/h10-13,21H,6-9H2,1-5H3,(H,27,31). The van der Waals surface area contributed by atoms with Gasteiger partial charge in [0.2, 0.25) is 6.04 Å². The summed E-state index contributed by atoms with van der Waals surface area (Å²) in [7, 11) is 0. The monoisotopic (exact) mass is 525 g/mol. The molecule has 2 aromatic carbocycles. The second kappa shape index (κ2) is 13.7. The van der Waals surface area contributed by atoms with Crippen molar-refractivity contribution in [2.75, 3.05) is 31.7 Å². The van der Waals surface area contributed by atoms with Gasteiger partial charge < -0.3 is 24.3 Å². The number of Topliss-reactive ketones (excluding diaryl/α,β-unsaturated/α-hetero) is 1. The number of amides is 1. The van der Waals surface area contributed by atoms with Gasteiger partial charge in [-0.3, -0.25) is 9.59 Å². The van der Waals surface area contributed by atoms with Crippen LogP contribution < -0.4 is 24.3 Å². The summed E-state index contributed by atoms with van der Waals surface area (Å²) < 4.78 is 22.3. The molecular weight excluding hydrogens is 497 g/mol. The fraction of sp³-hybridized carbons (Fsp3) is 0.417. The second-order valence-corrected chi connectivity index (χ2v) is 7.74. The molecule has 1 unspecified atom stereocenters. The zero-order valence-corrected chi connectivity index (χ0v) is 21.8. The summed E-state index contributed by atoms with van der Waals surface area (Å²) in [6.45, 7) is 9.82. The number of ketones is 1. The van der Waals surface area contributed by atoms with Crippen molar-refractivity contribution >= 4 is 46.3 Å². The molecule has 0 saturated heterocycles. The van der Waals surface area contributed by atoms with Crippen LogP contribution >= 0.6 is 23.2 Å². The first-order chi connectivity index (χ1) is 16.8. The van der Waals surface area contributed by atoms with Gasteiger partial charge in [-0.2, -0.15) is 10.2 Å². The summed E-state index contributed by atoms with van der Waals surface area (Å²) in [4.78, 5) is 25.4. The third-order valence-corrected chi connectivity index (χ3v) is 5.09. The molecule has 1 atom stereocenters. The van der Waals surface area contributed by atoms with Gasteiger partial charge in [-0.05, 0) is 46.8 Å². The molecule has 2 aromatic rings. The Morgan fingerprint density at radius 2 is 1.43 bits per heavy atom. The Morgan fingerprint density at radius 1 is 0.886 bits per heavy atom. The summed E-state index contributed by atoms with van der Waals surface area (Å²) in [5, 5.41) is 11.3. The Kier molecular flexibility index (Phi) is 11.1. The molecule has 0 aromatic heterocycles. The average Bonchev–Trinajstić information content (AvgIpc) is 2.81. The van der Waals surface area contributed by atoms with Gasteiger partial charge in [-0.25, -0.2) is 0 Å². The quantitative estimate of drug-likeness (QED) is 0.244. The molecule has 9 nitrogen and oxygen atoms in total. The van der Waals surface area contributed by atoms with Crippen molar-refractivity contribution < 1.29 is 28.5 Å². The molecule has 0 aliphatic heterocycles. The van der Waals surface area contributed by atoms with Gasteiger partial charge in [0.05, 0.1) is 37.1 Å². The third kappa shape index (κ3) is 7.47. The lowest BCUT2D eigenvalue weighted by Gasteiger charge is -2.18. The number of anilines is 1. The highest BCUT2D eigenvalue weighted by atomic mass is 35.5. The van der Waals surface area contributed by atoms with Crippen molar-refractivity contribution in [3.8, 4) is 23.0 Å². The minimum Gasteiger partial charge on any atom is -0.492 e. The minimum absolute atomic E-state index is 0.205. The third-order valence-electron chi connectivity index (χ3n) is 4.42. The molecule has 11 heteroatoms. The van der Waals surface area contributed by atoms with Crippen molar-refractivity contribution in [1.29, 1.82) is 0 Å². The van der Waals surface area contributed by atoms with Crippen molar-refractivity contribution in [1.82, 2.24) is 0 Å². The van der Waals surface area contributed by atoms with E-state index in [9.17, 15) is 9.59 Å². The predicted octanol–water partition coefficient (Wildman–Crippen LogP) is 6.27. The SMILES string of the molecule is CCOc1cc(N=NC(C(C)=O)C(=O)Nc2c(OCC)ccc(Cl)c2OCC)cc(OCC)c1Cl. The molecule has 0 heterocycles. The molecule has 0 aliphatic carbocycles. The van der Waals surface area contributed by atoms with Crippen molar-refractivity contribution in [3.63, 3.8) is 0 Å². The normalized spacial score (nSPS) is 11.7. The lowest BCUT2D eigenvalue weighted by molar-refractivity contribution is -0.126. The number of hydrogen-bond donors (Lipinski definition) is 1. The minimum atomic E-state index is -1.44. The predicted molar refractivity (Wildman–Crippen MR) is 135 cm³/mol. The van der Waals surface area contributed by atoms with E-state index >= 15 is 0 Å². The number of nitrogens with zero attached hydrogens (tertiary/aromatic N) is 2. The average molecular weight is 526 g/mol. The molecule has 35 heavy (non-hydrogen) atoms. The van der Waals surface area contributed by atoms with Gasteiger partial charge in [-0.15, -0.1) is 0 Å². The summed E-state index contributed by atoms with van der Waals surface area (Å²) in [6.07, 6.45) is 0. The number of halogens is 2. The van der Waals surface area contributed by atoms with Crippen LogP contribution in [0.3, 0.4) is 0 Å². The van der Waals surface area contributed by atoms with Crippen molar-refractivity contribution in [2.45, 2.75) is 40.7 Å². The van der Waals surface area contributed by atoms with Gasteiger partial charge in [0.25, 0.3) is 5.91 Å². The molecule has 0 fully saturated rings. The maximum atomic E-state index is 13.1. The van der Waals surface area contributed by atoms with Crippen LogP contribution in [0.1, 0.15) is 34.6 Å². The largest absolute Gasteiger partial charge is 0.492 e. The Hall–Kier alpha value is -3.04. The van der Waals surface area contributed by atoms with Crippen LogP contribution in [0, 0.1) is 0 Å². The van der Waals surface area contributed by atoms with Gasteiger partial charge in [0, 0.05) is 12.1 Å². The summed E-state index contributed by atoms with van der Waals surface area (Å²) in [5.74, 6) is 0.0169. The highest BCUT2D eigenvalue weighted by molar-refractivity contribution is 6.33. The van der Waals surface area contributed by atoms with E-state index < -0.39 is 17.7 Å². The Labute approximate surface area is 214 Å². The van der Waals surface area contributed by atoms with Gasteiger partial charge in [0.1, 0.15) is 28.0 Å². The molecule has 1 amide bonds. The first-order valence-electron chi connectivity index (χ1n) is 11.2. The number of benzene rings is 2. The van der Waals surface area contributed by atoms with Crippen LogP contribution in [0.4, 0.5) is 11.4 Å². The number of carbonyl (C=O) groups is 2. The Balaban J connectivity index is 2.41. The summed E-state index contributed by atoms with van der Waals surface area (Å²) in [6, 6.07) is 4.85. The van der Waals surface area contributed by atoms with Crippen LogP contribution in [-0.2, 0) is 9.59 Å². The van der Waals surface area contributed by atoms with Crippen molar-refractivity contribution in [2.24, 2.45) is 10.2 Å². The van der Waals surface area contributed by atoms with Crippen LogP contribution in [0.25, 0.3) is 0 Å². The molecule has 2 rings (SSSR count). The summed E-state index contributed by atoms with van der Waals surface area (Å²) >= 11 is 12.6. The van der Waals surface area contributed by atoms with Crippen LogP contribution in [0.2, 0.25) is 10.0 Å². The smallest absolute Gasteiger partial charge is 0.259 e. The van der Waals surface area contributed by atoms with E-state index in [1.165, 1.54) is 6.92 Å². The first kappa shape index (κ1) is 28.2. The van der Waals surface area contributed by atoms with Gasteiger partial charge in [-0.1, -0.05) is 23.2 Å². The van der Waals surface area contributed by atoms with E-state index in [1.807, 2.05) is 13.8 Å². The zero-order chi connectivity index (χ0) is 26.0. The molecule has 0 bridgehead atoms. The van der Waals surface area contributed by atoms with E-state index in [4.69, 9.17) is 42.1 Å². The molecule has 0 saturated carbocycles. The first-order valence-corrected chi connectivity index (χ1v) is 11.9. The number of nitrogens with one attached hydrogen (secondary N) is 1. The van der Waals surface area contributed by atoms with E-state index in [0.29, 0.717) is 54.4 Å². The Bertz CT molecular complexity index is 1050. The maximum Gasteiger partial charge on any atom is 0.259 e. The van der Waals surface area contributed by atoms with E-state index in [1.54, 1.807) is 38.1 Å². The van der Waals surface area contributed by atoms with Crippen LogP contribution in [0.15, 0.2) is 34.5 Å². The van der Waals surface area contributed by atoms with Crippen LogP contribution in [-0.4, -0.2) is 44.2 Å². The number of ether oxygens (including phenoxy) is 4. The lowest BCUT2D eigenvalue weighted by Crippen LogP contribution is -2.32. The Morgan fingerprint density at radius 3 is 1.94 bits per heavy atom. The molecule has 1 N–H and O–H groups in total. The molecular formula is C24H29Cl2N3O6. The number of azo groups is 1. The zero-order valence-electron chi connectivity index (χ0n) is 20.3. The van der Waals surface area contributed by atoms with Gasteiger partial charge in [0.15, 0.2) is 11.5 Å². The fourth-order valence-electron chi connectivity index (χ4n) is 2.99. The second-order valence-electron chi connectivity index (χ2n) is 6.96. The lowest BCUT2D eigenvalue weighted by atomic mass is 10.2. The highest BCUT2D eigenvalue weighted by Gasteiger charge is 2.27. The number of carbonyl (C=O) groups excluding carboxylic acids is 2. The number of rotatable bonds is 13. The molecule has 190 valence electrons. The van der Waals surface area contributed by atoms with Crippen molar-refractivity contribution in [3.05, 3.63) is 34.3 Å². The number of hydrogen-bond acceptors (Lipinski definition) is 8. The van der Waals surface area contributed by atoms with E-state index in [-0.39, 0.29) is 16.5 Å². The highest BCUT2D eigenvalue weighted by Crippen LogP contribution is 2.41. The fourth-order valence-corrected chi connectivity index (χ4v) is 3.42. The molecule has 0 radical (unpaired) electrons. The van der Waals surface area contributed by atoms with E-state index in [2.05, 4.69) is 15.5 Å². The van der Waals surface area contributed by atoms with E-state index in [0.717, 1.165) is 0 Å². The topological polar surface area (TPSA) is 108 Å². The van der Waals surface area contributed by atoms with Crippen LogP contribution in [0.5, 0.6) is 23.0 Å². The summed E-state index contributed by atoms with van der Waals surface area (Å²) in [5.41, 5.74) is 0.504.